The molecule has 3 N–H and O–H groups in total. The van der Waals surface area contributed by atoms with Crippen LogP contribution in [0.15, 0.2) is 60.0 Å². The van der Waals surface area contributed by atoms with Crippen molar-refractivity contribution in [1.29, 1.82) is 0 Å². The van der Waals surface area contributed by atoms with Gasteiger partial charge in [-0.05, 0) is 49.4 Å². The fourth-order valence-corrected chi connectivity index (χ4v) is 5.82. The van der Waals surface area contributed by atoms with Crippen LogP contribution in [0.2, 0.25) is 5.02 Å². The molecule has 5 heterocycles. The van der Waals surface area contributed by atoms with Crippen LogP contribution in [0.3, 0.4) is 0 Å². The maximum atomic E-state index is 6.50. The smallest absolute Gasteiger partial charge is 0.138 e. The number of aromatic amines is 1. The average Bonchev–Trinajstić information content (AvgIpc) is 3.65. The van der Waals surface area contributed by atoms with Gasteiger partial charge in [0.25, 0.3) is 0 Å². The van der Waals surface area contributed by atoms with Crippen molar-refractivity contribution in [3.05, 3.63) is 76.7 Å². The number of piperazine rings is 1. The number of hydrogen-bond donors (Lipinski definition) is 3. The maximum absolute atomic E-state index is 6.50. The van der Waals surface area contributed by atoms with E-state index in [0.29, 0.717) is 17.0 Å². The molecule has 8 heteroatoms. The number of aromatic nitrogens is 3. The normalized spacial score (nSPS) is 22.2. The van der Waals surface area contributed by atoms with Crippen LogP contribution in [0, 0.1) is 0 Å². The highest BCUT2D eigenvalue weighted by molar-refractivity contribution is 6.33. The summed E-state index contributed by atoms with van der Waals surface area (Å²) in [5, 5.41) is 8.94. The standard InChI is InChI=1S/C28H28ClN7/c1-16-15-36(11-10-31-16)28-25-21(17-6-7-17)13-30-14-24(25)34-27(35-28)18-8-9-32-26-20(18)12-23(33-26)19-4-2-3-5-22(19)29/h2-5,8-9,12-14,16-17,28,31H,6-7,10-11,15H2,1H3,(H,32,33)(H,34,35)/t16-,28?/m0/s1. The first-order valence-corrected chi connectivity index (χ1v) is 13.1. The van der Waals surface area contributed by atoms with E-state index in [2.05, 4.69) is 49.7 Å². The molecule has 4 aromatic rings. The third-order valence-corrected chi connectivity index (χ3v) is 7.82. The fraction of sp³-hybridized carbons (Fsp3) is 0.321. The third kappa shape index (κ3) is 3.79. The predicted molar refractivity (Wildman–Crippen MR) is 145 cm³/mol. The van der Waals surface area contributed by atoms with Gasteiger partial charge in [-0.3, -0.25) is 9.88 Å². The van der Waals surface area contributed by atoms with Crippen molar-refractivity contribution in [3.8, 4) is 11.3 Å². The third-order valence-electron chi connectivity index (χ3n) is 7.50. The Bertz CT molecular complexity index is 1490. The molecule has 0 bridgehead atoms. The molecule has 0 amide bonds. The van der Waals surface area contributed by atoms with Crippen LogP contribution in [0.4, 0.5) is 5.69 Å². The van der Waals surface area contributed by atoms with Gasteiger partial charge in [-0.15, -0.1) is 0 Å². The maximum Gasteiger partial charge on any atom is 0.138 e. The Morgan fingerprint density at radius 2 is 1.97 bits per heavy atom. The van der Waals surface area contributed by atoms with E-state index in [1.165, 1.54) is 24.0 Å². The Morgan fingerprint density at radius 1 is 1.08 bits per heavy atom. The quantitative estimate of drug-likeness (QED) is 0.355. The molecule has 3 aromatic heterocycles. The monoisotopic (exact) mass is 497 g/mol. The van der Waals surface area contributed by atoms with Crippen molar-refractivity contribution in [2.24, 2.45) is 4.99 Å². The summed E-state index contributed by atoms with van der Waals surface area (Å²) in [7, 11) is 0. The van der Waals surface area contributed by atoms with E-state index < -0.39 is 0 Å². The lowest BCUT2D eigenvalue weighted by Crippen LogP contribution is -2.50. The van der Waals surface area contributed by atoms with Crippen molar-refractivity contribution < 1.29 is 0 Å². The van der Waals surface area contributed by atoms with Gasteiger partial charge in [0, 0.05) is 70.9 Å². The number of nitrogens with one attached hydrogen (secondary N) is 3. The molecule has 1 unspecified atom stereocenters. The van der Waals surface area contributed by atoms with E-state index in [0.717, 1.165) is 59.0 Å². The van der Waals surface area contributed by atoms with E-state index in [9.17, 15) is 0 Å². The van der Waals surface area contributed by atoms with Crippen molar-refractivity contribution in [3.63, 3.8) is 0 Å². The minimum Gasteiger partial charge on any atom is -0.339 e. The number of hydrogen-bond acceptors (Lipinski definition) is 6. The van der Waals surface area contributed by atoms with Gasteiger partial charge < -0.3 is 15.6 Å². The van der Waals surface area contributed by atoms with E-state index in [1.54, 1.807) is 0 Å². The van der Waals surface area contributed by atoms with Crippen molar-refractivity contribution in [2.45, 2.75) is 37.9 Å². The summed E-state index contributed by atoms with van der Waals surface area (Å²) >= 11 is 6.50. The Labute approximate surface area is 215 Å². The summed E-state index contributed by atoms with van der Waals surface area (Å²) in [6.45, 7) is 5.13. The van der Waals surface area contributed by atoms with E-state index >= 15 is 0 Å². The van der Waals surface area contributed by atoms with Gasteiger partial charge >= 0.3 is 0 Å². The second-order valence-corrected chi connectivity index (χ2v) is 10.5. The van der Waals surface area contributed by atoms with E-state index in [1.807, 2.05) is 42.7 Å². The lowest BCUT2D eigenvalue weighted by atomic mass is 9.98. The zero-order valence-corrected chi connectivity index (χ0v) is 20.9. The molecule has 1 aliphatic carbocycles. The number of halogens is 1. The van der Waals surface area contributed by atoms with Crippen molar-refractivity contribution in [1.82, 2.24) is 25.2 Å². The Balaban J connectivity index is 1.36. The molecule has 7 nitrogen and oxygen atoms in total. The van der Waals surface area contributed by atoms with Crippen LogP contribution in [0.1, 0.15) is 48.5 Å². The molecular formula is C28H28ClN7. The van der Waals surface area contributed by atoms with Crippen LogP contribution < -0.4 is 10.6 Å². The number of H-pyrrole nitrogens is 1. The molecule has 2 fully saturated rings. The molecular weight excluding hydrogens is 470 g/mol. The summed E-state index contributed by atoms with van der Waals surface area (Å²) < 4.78 is 0. The summed E-state index contributed by atoms with van der Waals surface area (Å²) in [5.74, 6) is 1.45. The number of aliphatic imine (C=N–C) groups is 1. The Hall–Kier alpha value is -3.26. The summed E-state index contributed by atoms with van der Waals surface area (Å²) in [6.07, 6.45) is 8.29. The first-order valence-electron chi connectivity index (χ1n) is 12.7. The van der Waals surface area contributed by atoms with Gasteiger partial charge in [0.2, 0.25) is 0 Å². The second-order valence-electron chi connectivity index (χ2n) is 10.1. The van der Waals surface area contributed by atoms with E-state index in [-0.39, 0.29) is 6.17 Å². The lowest BCUT2D eigenvalue weighted by Gasteiger charge is -2.39. The Morgan fingerprint density at radius 3 is 2.81 bits per heavy atom. The molecule has 36 heavy (non-hydrogen) atoms. The van der Waals surface area contributed by atoms with Crippen LogP contribution in [0.5, 0.6) is 0 Å². The predicted octanol–water partition coefficient (Wildman–Crippen LogP) is 5.32. The summed E-state index contributed by atoms with van der Waals surface area (Å²) in [4.78, 5) is 20.6. The average molecular weight is 498 g/mol. The minimum absolute atomic E-state index is 0.0374. The van der Waals surface area contributed by atoms with Gasteiger partial charge in [-0.1, -0.05) is 29.8 Å². The van der Waals surface area contributed by atoms with Crippen LogP contribution in [-0.2, 0) is 0 Å². The largest absolute Gasteiger partial charge is 0.339 e. The molecule has 1 saturated carbocycles. The fourth-order valence-electron chi connectivity index (χ4n) is 5.58. The number of anilines is 1. The zero-order valence-electron chi connectivity index (χ0n) is 20.1. The highest BCUT2D eigenvalue weighted by Gasteiger charge is 2.36. The molecule has 3 aliphatic rings. The van der Waals surface area contributed by atoms with Crippen molar-refractivity contribution in [2.75, 3.05) is 25.0 Å². The van der Waals surface area contributed by atoms with Crippen molar-refractivity contribution >= 4 is 34.2 Å². The summed E-state index contributed by atoms with van der Waals surface area (Å²) in [6, 6.07) is 12.5. The van der Waals surface area contributed by atoms with Crippen LogP contribution >= 0.6 is 11.6 Å². The molecule has 7 rings (SSSR count). The number of pyridine rings is 2. The first-order chi connectivity index (χ1) is 17.7. The molecule has 1 saturated heterocycles. The van der Waals surface area contributed by atoms with Gasteiger partial charge in [-0.2, -0.15) is 0 Å². The van der Waals surface area contributed by atoms with Crippen LogP contribution in [-0.4, -0.2) is 51.4 Å². The van der Waals surface area contributed by atoms with E-state index in [4.69, 9.17) is 16.6 Å². The highest BCUT2D eigenvalue weighted by atomic mass is 35.5. The van der Waals surface area contributed by atoms with Gasteiger partial charge in [0.1, 0.15) is 17.6 Å². The number of amidine groups is 1. The topological polar surface area (TPSA) is 81.2 Å². The number of rotatable bonds is 4. The number of nitrogens with zero attached hydrogens (tertiary/aromatic N) is 4. The lowest BCUT2D eigenvalue weighted by molar-refractivity contribution is 0.152. The van der Waals surface area contributed by atoms with Gasteiger partial charge in [0.05, 0.1) is 11.9 Å². The SMILES string of the molecule is C[C@H]1CN(C2N=C(c3ccnc4[nH]c(-c5ccccc5Cl)cc34)Nc3cncc(C4CC4)c32)CCN1. The Kier molecular flexibility index (Phi) is 5.31. The molecule has 2 atom stereocenters. The minimum atomic E-state index is -0.0374. The molecule has 1 aromatic carbocycles. The molecule has 2 aliphatic heterocycles. The number of fused-ring (bicyclic) bond motifs is 2. The molecule has 0 radical (unpaired) electrons. The molecule has 182 valence electrons. The first kappa shape index (κ1) is 22.0. The zero-order chi connectivity index (χ0) is 24.2. The number of benzene rings is 1. The highest BCUT2D eigenvalue weighted by Crippen LogP contribution is 2.47. The van der Waals surface area contributed by atoms with Gasteiger partial charge in [-0.25, -0.2) is 9.98 Å². The second kappa shape index (κ2) is 8.69. The van der Waals surface area contributed by atoms with Crippen LogP contribution in [0.25, 0.3) is 22.3 Å². The summed E-state index contributed by atoms with van der Waals surface area (Å²) in [5.41, 5.74) is 7.44. The van der Waals surface area contributed by atoms with Gasteiger partial charge in [0.15, 0.2) is 0 Å². The molecule has 0 spiro atoms.